The maximum atomic E-state index is 5.70. The highest BCUT2D eigenvalue weighted by atomic mass is 32.1. The molecule has 16 heavy (non-hydrogen) atoms. The zero-order chi connectivity index (χ0) is 11.5. The Bertz CT molecular complexity index is 434. The zero-order valence-electron chi connectivity index (χ0n) is 8.64. The highest BCUT2D eigenvalue weighted by Crippen LogP contribution is 2.18. The second-order valence-corrected chi connectivity index (χ2v) is 3.34. The predicted molar refractivity (Wildman–Crippen MR) is 63.4 cm³/mol. The van der Waals surface area contributed by atoms with Crippen LogP contribution in [0.2, 0.25) is 0 Å². The fourth-order valence-corrected chi connectivity index (χ4v) is 1.55. The molecule has 2 rings (SSSR count). The van der Waals surface area contributed by atoms with Gasteiger partial charge in [0.25, 0.3) is 0 Å². The number of amidine groups is 1. The van der Waals surface area contributed by atoms with Crippen molar-refractivity contribution in [1.82, 2.24) is 15.6 Å². The molecule has 0 saturated heterocycles. The predicted octanol–water partition coefficient (Wildman–Crippen LogP) is -0.139. The number of nitrogens with zero attached hydrogens (tertiary/aromatic N) is 4. The van der Waals surface area contributed by atoms with E-state index in [0.717, 1.165) is 17.9 Å². The molecule has 0 aromatic heterocycles. The number of allylic oxidation sites excluding steroid dienone is 1. The molecular formula is C8H11N7S. The fourth-order valence-electron chi connectivity index (χ4n) is 1.47. The SMILES string of the molecule is CCC1=C2NN=CN2C=C(C(N)=NN=S)N1. The first kappa shape index (κ1) is 10.6. The highest BCUT2D eigenvalue weighted by molar-refractivity contribution is 7.47. The molecule has 0 amide bonds. The van der Waals surface area contributed by atoms with Crippen molar-refractivity contribution in [3.8, 4) is 0 Å². The summed E-state index contributed by atoms with van der Waals surface area (Å²) in [5.41, 5.74) is 10.2. The van der Waals surface area contributed by atoms with Crippen molar-refractivity contribution in [3.05, 3.63) is 23.4 Å². The summed E-state index contributed by atoms with van der Waals surface area (Å²) in [6, 6.07) is 0. The van der Waals surface area contributed by atoms with Gasteiger partial charge >= 0.3 is 0 Å². The third-order valence-electron chi connectivity index (χ3n) is 2.23. The van der Waals surface area contributed by atoms with Crippen molar-refractivity contribution in [1.29, 1.82) is 0 Å². The number of nitrogens with two attached hydrogens (primary N) is 1. The molecule has 2 aliphatic rings. The molecule has 0 aromatic carbocycles. The minimum atomic E-state index is 0.250. The molecule has 84 valence electrons. The van der Waals surface area contributed by atoms with Crippen molar-refractivity contribution in [2.75, 3.05) is 0 Å². The summed E-state index contributed by atoms with van der Waals surface area (Å²) in [5.74, 6) is 1.15. The quantitative estimate of drug-likeness (QED) is 0.361. The van der Waals surface area contributed by atoms with E-state index in [0.29, 0.717) is 5.70 Å². The van der Waals surface area contributed by atoms with E-state index in [9.17, 15) is 0 Å². The van der Waals surface area contributed by atoms with Crippen LogP contribution in [-0.4, -0.2) is 17.1 Å². The lowest BCUT2D eigenvalue weighted by Crippen LogP contribution is -2.35. The average Bonchev–Trinajstić information content (AvgIpc) is 2.75. The molecule has 0 aliphatic carbocycles. The summed E-state index contributed by atoms with van der Waals surface area (Å²) in [5, 5.41) is 10.7. The molecule has 0 atom stereocenters. The topological polar surface area (TPSA) is 90.4 Å². The molecule has 8 heteroatoms. The summed E-state index contributed by atoms with van der Waals surface area (Å²) in [4.78, 5) is 1.83. The third-order valence-corrected chi connectivity index (χ3v) is 2.31. The smallest absolute Gasteiger partial charge is 0.172 e. The molecule has 0 bridgehead atoms. The van der Waals surface area contributed by atoms with Crippen molar-refractivity contribution in [3.63, 3.8) is 0 Å². The van der Waals surface area contributed by atoms with Crippen LogP contribution in [0.4, 0.5) is 0 Å². The second-order valence-electron chi connectivity index (χ2n) is 3.18. The Hall–Kier alpha value is -1.96. The van der Waals surface area contributed by atoms with Crippen molar-refractivity contribution >= 4 is 24.6 Å². The van der Waals surface area contributed by atoms with Crippen molar-refractivity contribution < 1.29 is 0 Å². The van der Waals surface area contributed by atoms with E-state index < -0.39 is 0 Å². The van der Waals surface area contributed by atoms with E-state index in [4.69, 9.17) is 5.73 Å². The molecule has 0 saturated carbocycles. The summed E-state index contributed by atoms with van der Waals surface area (Å²) in [6.45, 7) is 2.03. The lowest BCUT2D eigenvalue weighted by atomic mass is 10.2. The molecule has 7 nitrogen and oxygen atoms in total. The van der Waals surface area contributed by atoms with Gasteiger partial charge in [0, 0.05) is 6.20 Å². The Morgan fingerprint density at radius 2 is 2.50 bits per heavy atom. The van der Waals surface area contributed by atoms with Gasteiger partial charge in [-0.1, -0.05) is 11.4 Å². The molecule has 0 spiro atoms. The molecule has 0 aromatic rings. The number of nitrogens with one attached hydrogen (secondary N) is 2. The maximum Gasteiger partial charge on any atom is 0.172 e. The summed E-state index contributed by atoms with van der Waals surface area (Å²) < 4.78 is 3.23. The Balaban J connectivity index is 2.30. The maximum absolute atomic E-state index is 5.70. The number of hydrazone groups is 1. The molecule has 4 N–H and O–H groups in total. The minimum absolute atomic E-state index is 0.250. The van der Waals surface area contributed by atoms with Crippen LogP contribution in [0.15, 0.2) is 38.1 Å². The van der Waals surface area contributed by atoms with Gasteiger partial charge < -0.3 is 11.1 Å². The number of hydrogen-bond acceptors (Lipinski definition) is 6. The molecule has 0 unspecified atom stereocenters. The molecule has 0 radical (unpaired) electrons. The largest absolute Gasteiger partial charge is 0.380 e. The number of hydrogen-bond donors (Lipinski definition) is 3. The summed E-state index contributed by atoms with van der Waals surface area (Å²) in [6.07, 6.45) is 4.25. The minimum Gasteiger partial charge on any atom is -0.380 e. The zero-order valence-corrected chi connectivity index (χ0v) is 9.45. The fraction of sp³-hybridized carbons (Fsp3) is 0.250. The van der Waals surface area contributed by atoms with Crippen LogP contribution < -0.4 is 16.5 Å². The van der Waals surface area contributed by atoms with E-state index in [1.165, 1.54) is 0 Å². The van der Waals surface area contributed by atoms with Gasteiger partial charge in [-0.15, -0.1) is 5.10 Å². The van der Waals surface area contributed by atoms with Crippen LogP contribution in [0.25, 0.3) is 0 Å². The molecule has 2 heterocycles. The monoisotopic (exact) mass is 237 g/mol. The van der Waals surface area contributed by atoms with Gasteiger partial charge in [0.05, 0.1) is 18.1 Å². The second kappa shape index (κ2) is 4.27. The van der Waals surface area contributed by atoms with Crippen LogP contribution in [-0.2, 0) is 12.4 Å². The summed E-state index contributed by atoms with van der Waals surface area (Å²) in [7, 11) is 0. The Morgan fingerprint density at radius 3 is 3.19 bits per heavy atom. The average molecular weight is 237 g/mol. The molecule has 0 fully saturated rings. The van der Waals surface area contributed by atoms with E-state index in [2.05, 4.69) is 37.8 Å². The Kier molecular flexibility index (Phi) is 2.82. The van der Waals surface area contributed by atoms with E-state index in [-0.39, 0.29) is 5.84 Å². The highest BCUT2D eigenvalue weighted by Gasteiger charge is 2.22. The van der Waals surface area contributed by atoms with Crippen LogP contribution in [0, 0.1) is 0 Å². The van der Waals surface area contributed by atoms with Gasteiger partial charge in [-0.2, -0.15) is 5.10 Å². The lowest BCUT2D eigenvalue weighted by Gasteiger charge is -2.24. The number of rotatable bonds is 3. The normalized spacial score (nSPS) is 18.9. The number of fused-ring (bicyclic) bond motifs is 1. The first-order valence-corrected chi connectivity index (χ1v) is 5.08. The van der Waals surface area contributed by atoms with Gasteiger partial charge in [0.1, 0.15) is 12.0 Å². The Labute approximate surface area is 97.9 Å². The first-order valence-electron chi connectivity index (χ1n) is 4.72. The third kappa shape index (κ3) is 1.74. The summed E-state index contributed by atoms with van der Waals surface area (Å²) >= 11 is 4.39. The van der Waals surface area contributed by atoms with E-state index in [1.807, 2.05) is 11.8 Å². The Morgan fingerprint density at radius 1 is 1.69 bits per heavy atom. The van der Waals surface area contributed by atoms with E-state index in [1.54, 1.807) is 12.5 Å². The van der Waals surface area contributed by atoms with Gasteiger partial charge in [-0.25, -0.2) is 0 Å². The van der Waals surface area contributed by atoms with Crippen LogP contribution in [0.3, 0.4) is 0 Å². The van der Waals surface area contributed by atoms with Gasteiger partial charge in [0.15, 0.2) is 11.7 Å². The van der Waals surface area contributed by atoms with Crippen molar-refractivity contribution in [2.45, 2.75) is 13.3 Å². The van der Waals surface area contributed by atoms with Crippen LogP contribution in [0.1, 0.15) is 13.3 Å². The first-order chi connectivity index (χ1) is 7.76. The molecule has 2 aliphatic heterocycles. The van der Waals surface area contributed by atoms with Gasteiger partial charge in [-0.3, -0.25) is 10.3 Å². The van der Waals surface area contributed by atoms with E-state index >= 15 is 0 Å². The van der Waals surface area contributed by atoms with Crippen molar-refractivity contribution in [2.24, 2.45) is 20.4 Å². The molecular weight excluding hydrogens is 226 g/mol. The van der Waals surface area contributed by atoms with Gasteiger partial charge in [0.2, 0.25) is 0 Å². The van der Waals surface area contributed by atoms with Gasteiger partial charge in [-0.05, 0) is 6.42 Å². The standard InChI is InChI=1S/C8H11N7S/c1-2-5-8-13-10-4-15(8)3-6(11-5)7(9)12-14-16/h3-4,11,13H,2H2,1H3,(H2,9,12,16). The van der Waals surface area contributed by atoms with Crippen LogP contribution in [0.5, 0.6) is 0 Å². The lowest BCUT2D eigenvalue weighted by molar-refractivity contribution is 0.607. The van der Waals surface area contributed by atoms with Crippen LogP contribution >= 0.6 is 0 Å².